The Labute approximate surface area is 172 Å². The summed E-state index contributed by atoms with van der Waals surface area (Å²) < 4.78 is 5.73. The first-order valence-corrected chi connectivity index (χ1v) is 9.39. The van der Waals surface area contributed by atoms with Crippen molar-refractivity contribution < 1.29 is 4.42 Å². The van der Waals surface area contributed by atoms with Crippen LogP contribution in [0.4, 0.5) is 0 Å². The van der Waals surface area contributed by atoms with E-state index in [9.17, 15) is 0 Å². The molecule has 27 heavy (non-hydrogen) atoms. The molecule has 0 fully saturated rings. The standard InChI is InChI=1S/C22H16N2OS.BrH/c1-3-8-16(9-4-1)19-15-26-22-23-21(17-10-5-2-6-11-17)18(14-24(19)22)20-12-7-13-25-20;/h1-13,15H,14H2;1H. The average molecular weight is 437 g/mol. The second-order valence-corrected chi connectivity index (χ2v) is 6.97. The molecule has 0 atom stereocenters. The van der Waals surface area contributed by atoms with E-state index < -0.39 is 0 Å². The SMILES string of the molecule is Br.C1=C(c2ccccc2)N2CC(c3ccco3)=C(c3ccccc3)N=C2S1. The van der Waals surface area contributed by atoms with Crippen molar-refractivity contribution in [1.82, 2.24) is 4.90 Å². The highest BCUT2D eigenvalue weighted by Gasteiger charge is 2.31. The van der Waals surface area contributed by atoms with Gasteiger partial charge in [-0.05, 0) is 17.7 Å². The van der Waals surface area contributed by atoms with E-state index in [2.05, 4.69) is 46.7 Å². The zero-order valence-electron chi connectivity index (χ0n) is 14.4. The van der Waals surface area contributed by atoms with Crippen LogP contribution in [0.2, 0.25) is 0 Å². The van der Waals surface area contributed by atoms with Crippen LogP contribution in [0.25, 0.3) is 17.0 Å². The fraction of sp³-hybridized carbons (Fsp3) is 0.0455. The maximum atomic E-state index is 5.73. The molecule has 5 rings (SSSR count). The lowest BCUT2D eigenvalue weighted by Gasteiger charge is -2.28. The highest BCUT2D eigenvalue weighted by Crippen LogP contribution is 2.41. The summed E-state index contributed by atoms with van der Waals surface area (Å²) in [6, 6.07) is 24.7. The highest BCUT2D eigenvalue weighted by molar-refractivity contribution is 8.93. The Morgan fingerprint density at radius 3 is 2.22 bits per heavy atom. The first-order valence-electron chi connectivity index (χ1n) is 8.51. The fourth-order valence-corrected chi connectivity index (χ4v) is 4.20. The number of nitrogens with zero attached hydrogens (tertiary/aromatic N) is 2. The van der Waals surface area contributed by atoms with Crippen LogP contribution in [0.5, 0.6) is 0 Å². The lowest BCUT2D eigenvalue weighted by atomic mass is 10.0. The van der Waals surface area contributed by atoms with Gasteiger partial charge in [0.25, 0.3) is 0 Å². The summed E-state index contributed by atoms with van der Waals surface area (Å²) in [6.07, 6.45) is 1.72. The molecule has 0 saturated carbocycles. The van der Waals surface area contributed by atoms with Gasteiger partial charge in [-0.15, -0.1) is 17.0 Å². The smallest absolute Gasteiger partial charge is 0.173 e. The quantitative estimate of drug-likeness (QED) is 0.493. The number of benzene rings is 2. The van der Waals surface area contributed by atoms with Crippen LogP contribution < -0.4 is 0 Å². The van der Waals surface area contributed by atoms with Crippen molar-refractivity contribution in [3.63, 3.8) is 0 Å². The Morgan fingerprint density at radius 1 is 0.852 bits per heavy atom. The topological polar surface area (TPSA) is 28.7 Å². The van der Waals surface area contributed by atoms with Gasteiger partial charge >= 0.3 is 0 Å². The molecule has 0 amide bonds. The molecule has 5 heteroatoms. The molecule has 3 heterocycles. The van der Waals surface area contributed by atoms with Crippen molar-refractivity contribution in [2.45, 2.75) is 0 Å². The van der Waals surface area contributed by atoms with Crippen LogP contribution in [0.3, 0.4) is 0 Å². The largest absolute Gasteiger partial charge is 0.465 e. The molecule has 0 spiro atoms. The number of halogens is 1. The van der Waals surface area contributed by atoms with E-state index in [1.807, 2.05) is 36.4 Å². The number of thioether (sulfide) groups is 1. The second kappa shape index (κ2) is 7.62. The molecule has 2 aromatic carbocycles. The molecule has 0 aliphatic carbocycles. The average Bonchev–Trinajstić information content (AvgIpc) is 3.38. The van der Waals surface area contributed by atoms with Crippen molar-refractivity contribution in [3.05, 3.63) is 101 Å². The van der Waals surface area contributed by atoms with Crippen molar-refractivity contribution in [3.8, 4) is 0 Å². The van der Waals surface area contributed by atoms with Gasteiger partial charge in [-0.25, -0.2) is 4.99 Å². The molecule has 1 aromatic heterocycles. The Morgan fingerprint density at radius 2 is 1.56 bits per heavy atom. The molecule has 0 radical (unpaired) electrons. The third-order valence-electron chi connectivity index (χ3n) is 4.54. The van der Waals surface area contributed by atoms with Gasteiger partial charge in [0.05, 0.1) is 24.2 Å². The molecule has 0 saturated heterocycles. The molecule has 0 unspecified atom stereocenters. The lowest BCUT2D eigenvalue weighted by Crippen LogP contribution is -2.29. The van der Waals surface area contributed by atoms with Crippen LogP contribution in [0.1, 0.15) is 16.9 Å². The Bertz CT molecular complexity index is 1020. The Balaban J connectivity index is 0.00000180. The Hall–Kier alpha value is -2.50. The van der Waals surface area contributed by atoms with Gasteiger partial charge in [-0.3, -0.25) is 0 Å². The van der Waals surface area contributed by atoms with E-state index in [1.165, 1.54) is 11.3 Å². The van der Waals surface area contributed by atoms with E-state index in [0.717, 1.165) is 34.3 Å². The maximum Gasteiger partial charge on any atom is 0.173 e. The molecule has 3 nitrogen and oxygen atoms in total. The monoisotopic (exact) mass is 436 g/mol. The van der Waals surface area contributed by atoms with Crippen molar-refractivity contribution in [2.75, 3.05) is 6.54 Å². The molecule has 0 bridgehead atoms. The second-order valence-electron chi connectivity index (χ2n) is 6.14. The van der Waals surface area contributed by atoms with Crippen LogP contribution >= 0.6 is 28.7 Å². The first kappa shape index (κ1) is 17.9. The van der Waals surface area contributed by atoms with E-state index >= 15 is 0 Å². The van der Waals surface area contributed by atoms with Gasteiger partial charge in [0.15, 0.2) is 5.17 Å². The number of fused-ring (bicyclic) bond motifs is 1. The third kappa shape index (κ3) is 3.29. The molecule has 0 N–H and O–H groups in total. The first-order chi connectivity index (χ1) is 12.9. The minimum Gasteiger partial charge on any atom is -0.465 e. The summed E-state index contributed by atoms with van der Waals surface area (Å²) in [5, 5.41) is 3.19. The van der Waals surface area contributed by atoms with Crippen molar-refractivity contribution in [2.24, 2.45) is 4.99 Å². The van der Waals surface area contributed by atoms with E-state index in [0.29, 0.717) is 0 Å². The third-order valence-corrected chi connectivity index (χ3v) is 5.41. The molecule has 2 aliphatic heterocycles. The summed E-state index contributed by atoms with van der Waals surface area (Å²) in [4.78, 5) is 7.27. The van der Waals surface area contributed by atoms with Crippen molar-refractivity contribution in [1.29, 1.82) is 0 Å². The van der Waals surface area contributed by atoms with E-state index in [-0.39, 0.29) is 17.0 Å². The Kier molecular flexibility index (Phi) is 5.05. The predicted octanol–water partition coefficient (Wildman–Crippen LogP) is 6.14. The van der Waals surface area contributed by atoms with E-state index in [4.69, 9.17) is 9.41 Å². The van der Waals surface area contributed by atoms with Crippen molar-refractivity contribution >= 4 is 50.9 Å². The predicted molar refractivity (Wildman–Crippen MR) is 118 cm³/mol. The summed E-state index contributed by atoms with van der Waals surface area (Å²) in [5.41, 5.74) is 5.59. The number of furan rings is 1. The van der Waals surface area contributed by atoms with Gasteiger partial charge in [-0.2, -0.15) is 0 Å². The molecule has 3 aromatic rings. The fourth-order valence-electron chi connectivity index (χ4n) is 3.29. The number of amidine groups is 1. The number of aliphatic imine (C=N–C) groups is 1. The summed E-state index contributed by atoms with van der Waals surface area (Å²) in [6.45, 7) is 0.740. The van der Waals surface area contributed by atoms with Gasteiger partial charge < -0.3 is 9.32 Å². The minimum absolute atomic E-state index is 0. The van der Waals surface area contributed by atoms with Gasteiger partial charge in [0, 0.05) is 16.5 Å². The maximum absolute atomic E-state index is 5.73. The highest BCUT2D eigenvalue weighted by atomic mass is 79.9. The summed E-state index contributed by atoms with van der Waals surface area (Å²) in [5.74, 6) is 0.871. The minimum atomic E-state index is 0. The zero-order chi connectivity index (χ0) is 17.3. The normalized spacial score (nSPS) is 15.8. The number of rotatable bonds is 3. The van der Waals surface area contributed by atoms with Gasteiger partial charge in [0.1, 0.15) is 5.76 Å². The molecule has 134 valence electrons. The summed E-state index contributed by atoms with van der Waals surface area (Å²) >= 11 is 1.68. The number of hydrogen-bond donors (Lipinski definition) is 0. The molecular formula is C22H17BrN2OS. The van der Waals surface area contributed by atoms with Crippen LogP contribution in [-0.4, -0.2) is 16.6 Å². The van der Waals surface area contributed by atoms with Gasteiger partial charge in [0.2, 0.25) is 0 Å². The van der Waals surface area contributed by atoms with E-state index in [1.54, 1.807) is 18.0 Å². The summed E-state index contributed by atoms with van der Waals surface area (Å²) in [7, 11) is 0. The molecule has 2 aliphatic rings. The zero-order valence-corrected chi connectivity index (χ0v) is 16.9. The van der Waals surface area contributed by atoms with Crippen LogP contribution in [0.15, 0.2) is 93.9 Å². The molecular weight excluding hydrogens is 420 g/mol. The number of hydrogen-bond acceptors (Lipinski definition) is 4. The van der Waals surface area contributed by atoms with Gasteiger partial charge in [-0.1, -0.05) is 72.4 Å². The lowest BCUT2D eigenvalue weighted by molar-refractivity contribution is 0.543. The van der Waals surface area contributed by atoms with Crippen LogP contribution in [0, 0.1) is 0 Å². The van der Waals surface area contributed by atoms with Crippen LogP contribution in [-0.2, 0) is 0 Å².